The third-order valence-corrected chi connectivity index (χ3v) is 5.65. The van der Waals surface area contributed by atoms with E-state index in [1.165, 1.54) is 0 Å². The van der Waals surface area contributed by atoms with Crippen LogP contribution in [0.3, 0.4) is 0 Å². The summed E-state index contributed by atoms with van der Waals surface area (Å²) in [5.74, 6) is 1.72. The lowest BCUT2D eigenvalue weighted by molar-refractivity contribution is 0.122. The number of aliphatic hydroxyl groups excluding tert-OH is 1. The molecule has 7 nitrogen and oxygen atoms in total. The Balaban J connectivity index is 1.52. The number of thioether (sulfide) groups is 1. The molecule has 1 aromatic carbocycles. The van der Waals surface area contributed by atoms with Crippen molar-refractivity contribution in [1.29, 1.82) is 0 Å². The molecule has 0 saturated carbocycles. The van der Waals surface area contributed by atoms with E-state index in [1.54, 1.807) is 11.8 Å². The highest BCUT2D eigenvalue weighted by atomic mass is 32.2. The van der Waals surface area contributed by atoms with Crippen LogP contribution in [0.1, 0.15) is 17.7 Å². The van der Waals surface area contributed by atoms with Gasteiger partial charge in [0, 0.05) is 60.4 Å². The number of anilines is 1. The predicted molar refractivity (Wildman–Crippen MR) is 117 cm³/mol. The maximum atomic E-state index is 9.04. The lowest BCUT2D eigenvalue weighted by Gasteiger charge is -2.28. The van der Waals surface area contributed by atoms with Crippen LogP contribution in [0, 0.1) is 0 Å². The van der Waals surface area contributed by atoms with Crippen molar-refractivity contribution in [2.75, 3.05) is 43.6 Å². The van der Waals surface area contributed by atoms with Crippen LogP contribution >= 0.6 is 11.8 Å². The molecule has 1 aliphatic rings. The van der Waals surface area contributed by atoms with Gasteiger partial charge in [0.15, 0.2) is 5.16 Å². The third-order valence-electron chi connectivity index (χ3n) is 4.72. The molecule has 4 rings (SSSR count). The number of H-pyrrole nitrogens is 1. The van der Waals surface area contributed by atoms with E-state index in [0.717, 1.165) is 58.4 Å². The van der Waals surface area contributed by atoms with Gasteiger partial charge in [-0.1, -0.05) is 30.0 Å². The molecule has 0 unspecified atom stereocenters. The monoisotopic (exact) mass is 411 g/mol. The minimum absolute atomic E-state index is 0.178. The second-order valence-corrected chi connectivity index (χ2v) is 7.85. The largest absolute Gasteiger partial charge is 0.396 e. The maximum Gasteiger partial charge on any atom is 0.189 e. The van der Waals surface area contributed by atoms with E-state index < -0.39 is 0 Å². The Labute approximate surface area is 174 Å². The number of nitrogens with one attached hydrogen (secondary N) is 1. The van der Waals surface area contributed by atoms with Crippen molar-refractivity contribution in [3.63, 3.8) is 0 Å². The normalized spacial score (nSPS) is 14.9. The lowest BCUT2D eigenvalue weighted by Crippen LogP contribution is -2.37. The van der Waals surface area contributed by atoms with Gasteiger partial charge < -0.3 is 19.7 Å². The molecule has 3 aromatic rings. The Bertz CT molecular complexity index is 969. The van der Waals surface area contributed by atoms with Gasteiger partial charge in [0.05, 0.1) is 25.5 Å². The Morgan fingerprint density at radius 3 is 2.97 bits per heavy atom. The maximum absolute atomic E-state index is 9.04. The fraction of sp³-hybridized carbons (Fsp3) is 0.381. The number of aromatic amines is 1. The molecule has 3 heterocycles. The van der Waals surface area contributed by atoms with Crippen LogP contribution in [0.2, 0.25) is 0 Å². The van der Waals surface area contributed by atoms with E-state index in [-0.39, 0.29) is 6.61 Å². The first-order valence-electron chi connectivity index (χ1n) is 9.84. The topological polar surface area (TPSA) is 86.6 Å². The molecule has 0 atom stereocenters. The summed E-state index contributed by atoms with van der Waals surface area (Å²) in [4.78, 5) is 19.5. The average Bonchev–Trinajstić information content (AvgIpc) is 3.18. The molecule has 0 spiro atoms. The summed E-state index contributed by atoms with van der Waals surface area (Å²) in [6, 6.07) is 10.2. The molecule has 1 aliphatic heterocycles. The van der Waals surface area contributed by atoms with Gasteiger partial charge in [-0.2, -0.15) is 0 Å². The summed E-state index contributed by atoms with van der Waals surface area (Å²) in [5, 5.41) is 10.9. The number of aromatic nitrogens is 3. The second-order valence-electron chi connectivity index (χ2n) is 6.78. The van der Waals surface area contributed by atoms with E-state index in [9.17, 15) is 0 Å². The fourth-order valence-corrected chi connectivity index (χ4v) is 4.02. The highest BCUT2D eigenvalue weighted by molar-refractivity contribution is 7.99. The number of hydrogen-bond donors (Lipinski definition) is 2. The smallest absolute Gasteiger partial charge is 0.189 e. The number of hydrogen-bond acceptors (Lipinski definition) is 7. The zero-order valence-corrected chi connectivity index (χ0v) is 17.1. The summed E-state index contributed by atoms with van der Waals surface area (Å²) in [5.41, 5.74) is 3.07. The Kier molecular flexibility index (Phi) is 6.76. The minimum atomic E-state index is 0.178. The molecule has 1 saturated heterocycles. The summed E-state index contributed by atoms with van der Waals surface area (Å²) >= 11 is 1.57. The SMILES string of the molecule is OCCCSc1nc(CN=Cc2c[nH]c3ccccc23)cc(N2CCOCC2)n1. The van der Waals surface area contributed by atoms with E-state index in [0.29, 0.717) is 19.8 Å². The first kappa shape index (κ1) is 19.9. The fourth-order valence-electron chi connectivity index (χ4n) is 3.23. The summed E-state index contributed by atoms with van der Waals surface area (Å²) < 4.78 is 5.46. The summed E-state index contributed by atoms with van der Waals surface area (Å²) in [6.45, 7) is 3.76. The van der Waals surface area contributed by atoms with E-state index >= 15 is 0 Å². The average molecular weight is 412 g/mol. The summed E-state index contributed by atoms with van der Waals surface area (Å²) in [7, 11) is 0. The van der Waals surface area contributed by atoms with Crippen molar-refractivity contribution in [3.05, 3.63) is 47.8 Å². The molecule has 2 N–H and O–H groups in total. The molecule has 0 bridgehead atoms. The van der Waals surface area contributed by atoms with Crippen molar-refractivity contribution in [1.82, 2.24) is 15.0 Å². The molecule has 0 aliphatic carbocycles. The van der Waals surface area contributed by atoms with Crippen LogP contribution in [0.15, 0.2) is 46.7 Å². The Hall–Kier alpha value is -2.42. The third kappa shape index (κ3) is 5.14. The number of benzene rings is 1. The highest BCUT2D eigenvalue weighted by Gasteiger charge is 2.15. The molecule has 152 valence electrons. The first-order valence-corrected chi connectivity index (χ1v) is 10.8. The zero-order valence-electron chi connectivity index (χ0n) is 16.3. The van der Waals surface area contributed by atoms with E-state index in [4.69, 9.17) is 14.8 Å². The van der Waals surface area contributed by atoms with Gasteiger partial charge in [0.1, 0.15) is 5.82 Å². The highest BCUT2D eigenvalue weighted by Crippen LogP contribution is 2.22. The van der Waals surface area contributed by atoms with Crippen LogP contribution < -0.4 is 4.90 Å². The zero-order chi connectivity index (χ0) is 19.9. The van der Waals surface area contributed by atoms with E-state index in [1.807, 2.05) is 30.6 Å². The van der Waals surface area contributed by atoms with Crippen molar-refractivity contribution < 1.29 is 9.84 Å². The Morgan fingerprint density at radius 2 is 2.10 bits per heavy atom. The minimum Gasteiger partial charge on any atom is -0.396 e. The number of aliphatic hydroxyl groups is 1. The van der Waals surface area contributed by atoms with Crippen LogP contribution in [0.5, 0.6) is 0 Å². The van der Waals surface area contributed by atoms with Gasteiger partial charge in [-0.05, 0) is 12.5 Å². The lowest BCUT2D eigenvalue weighted by atomic mass is 10.2. The van der Waals surface area contributed by atoms with Crippen LogP contribution in [0.25, 0.3) is 10.9 Å². The summed E-state index contributed by atoms with van der Waals surface area (Å²) in [6.07, 6.45) is 4.60. The van der Waals surface area contributed by atoms with Gasteiger partial charge in [-0.25, -0.2) is 9.97 Å². The quantitative estimate of drug-likeness (QED) is 0.257. The van der Waals surface area contributed by atoms with Gasteiger partial charge >= 0.3 is 0 Å². The molecule has 0 amide bonds. The number of fused-ring (bicyclic) bond motifs is 1. The van der Waals surface area contributed by atoms with Gasteiger partial charge in [-0.3, -0.25) is 4.99 Å². The van der Waals surface area contributed by atoms with Gasteiger partial charge in [-0.15, -0.1) is 0 Å². The predicted octanol–water partition coefficient (Wildman–Crippen LogP) is 2.89. The standard InChI is InChI=1S/C21H25N5O2S/c27-8-3-11-29-21-24-17(12-20(25-21)26-6-9-28-10-7-26)15-22-13-16-14-23-19-5-2-1-4-18(16)19/h1-2,4-5,12-14,23,27H,3,6-11,15H2. The molecule has 29 heavy (non-hydrogen) atoms. The van der Waals surface area contributed by atoms with Crippen LogP contribution in [-0.2, 0) is 11.3 Å². The van der Waals surface area contributed by atoms with Gasteiger partial charge in [0.2, 0.25) is 0 Å². The Morgan fingerprint density at radius 1 is 1.24 bits per heavy atom. The van der Waals surface area contributed by atoms with Gasteiger partial charge in [0.25, 0.3) is 0 Å². The van der Waals surface area contributed by atoms with Crippen molar-refractivity contribution in [2.24, 2.45) is 4.99 Å². The van der Waals surface area contributed by atoms with Crippen molar-refractivity contribution in [3.8, 4) is 0 Å². The van der Waals surface area contributed by atoms with Crippen LogP contribution in [-0.4, -0.2) is 64.9 Å². The first-order chi connectivity index (χ1) is 14.3. The van der Waals surface area contributed by atoms with E-state index in [2.05, 4.69) is 32.0 Å². The number of ether oxygens (including phenoxy) is 1. The van der Waals surface area contributed by atoms with Crippen LogP contribution in [0.4, 0.5) is 5.82 Å². The number of nitrogens with zero attached hydrogens (tertiary/aromatic N) is 4. The molecule has 2 aromatic heterocycles. The number of morpholine rings is 1. The molecular formula is C21H25N5O2S. The van der Waals surface area contributed by atoms with Crippen molar-refractivity contribution >= 4 is 34.7 Å². The number of para-hydroxylation sites is 1. The molecule has 8 heteroatoms. The second kappa shape index (κ2) is 9.87. The number of rotatable bonds is 8. The number of aliphatic imine (C=N–C) groups is 1. The molecule has 0 radical (unpaired) electrons. The molecule has 1 fully saturated rings. The van der Waals surface area contributed by atoms with Crippen molar-refractivity contribution in [2.45, 2.75) is 18.1 Å². The molecular weight excluding hydrogens is 386 g/mol.